The number of benzene rings is 2. The zero-order valence-corrected chi connectivity index (χ0v) is 23.7. The molecule has 0 saturated carbocycles. The molecule has 5 unspecified atom stereocenters. The van der Waals surface area contributed by atoms with E-state index in [-0.39, 0.29) is 24.2 Å². The molecule has 2 aromatic carbocycles. The summed E-state index contributed by atoms with van der Waals surface area (Å²) in [5.41, 5.74) is 5.18. The van der Waals surface area contributed by atoms with E-state index in [1.54, 1.807) is 0 Å². The van der Waals surface area contributed by atoms with E-state index in [9.17, 15) is 0 Å². The van der Waals surface area contributed by atoms with Crippen LogP contribution in [0.2, 0.25) is 0 Å². The topological polar surface area (TPSA) is 77.8 Å². The Balaban J connectivity index is 1.20. The van der Waals surface area contributed by atoms with Crippen molar-refractivity contribution >= 4 is 10.8 Å². The molecule has 7 nitrogen and oxygen atoms in total. The molecule has 0 N–H and O–H groups in total. The number of epoxide rings is 4. The van der Waals surface area contributed by atoms with E-state index in [1.165, 1.54) is 16.7 Å². The second kappa shape index (κ2) is 11.4. The van der Waals surface area contributed by atoms with Crippen molar-refractivity contribution in [1.82, 2.24) is 0 Å². The Morgan fingerprint density at radius 1 is 0.762 bits per heavy atom. The fourth-order valence-electron chi connectivity index (χ4n) is 5.77. The van der Waals surface area contributed by atoms with Crippen LogP contribution in [0.25, 0.3) is 10.8 Å². The van der Waals surface area contributed by atoms with E-state index in [0.29, 0.717) is 25.9 Å². The fourth-order valence-corrected chi connectivity index (χ4v) is 5.77. The second-order valence-electron chi connectivity index (χ2n) is 11.9. The minimum absolute atomic E-state index is 0.156. The largest absolute Gasteiger partial charge is 0.491 e. The summed E-state index contributed by atoms with van der Waals surface area (Å²) in [7, 11) is 0. The first-order valence-corrected chi connectivity index (χ1v) is 15.1. The van der Waals surface area contributed by atoms with Crippen molar-refractivity contribution in [1.29, 1.82) is 0 Å². The molecule has 0 aromatic heterocycles. The SMILES string of the molecule is C1=CC2C=CCC(CC3CO3)=C(Cc3c(OCC4CO4)ccc4ccc(OCC5CO5)cc34)C2=CC(OCC2CO2)=C1. The number of allylic oxidation sites excluding steroid dienone is 8. The summed E-state index contributed by atoms with van der Waals surface area (Å²) < 4.78 is 40.8. The molecule has 4 heterocycles. The Labute approximate surface area is 246 Å². The molecule has 5 atom stereocenters. The normalized spacial score (nSPS) is 28.8. The monoisotopic (exact) mass is 568 g/mol. The van der Waals surface area contributed by atoms with Gasteiger partial charge in [-0.1, -0.05) is 42.0 Å². The Hall–Kier alpha value is -3.36. The van der Waals surface area contributed by atoms with Gasteiger partial charge in [-0.2, -0.15) is 0 Å². The van der Waals surface area contributed by atoms with Crippen LogP contribution in [-0.4, -0.2) is 70.7 Å². The van der Waals surface area contributed by atoms with Gasteiger partial charge in [0.1, 0.15) is 55.4 Å². The lowest BCUT2D eigenvalue weighted by Gasteiger charge is -2.22. The Morgan fingerprint density at radius 2 is 1.48 bits per heavy atom. The lowest BCUT2D eigenvalue weighted by atomic mass is 9.84. The molecule has 0 amide bonds. The number of rotatable bonds is 13. The van der Waals surface area contributed by atoms with E-state index in [0.717, 1.165) is 79.3 Å². The van der Waals surface area contributed by atoms with Gasteiger partial charge >= 0.3 is 0 Å². The average molecular weight is 569 g/mol. The predicted octanol–water partition coefficient (Wildman–Crippen LogP) is 5.39. The van der Waals surface area contributed by atoms with Crippen LogP contribution in [0.4, 0.5) is 0 Å². The van der Waals surface area contributed by atoms with Crippen molar-refractivity contribution in [3.05, 3.63) is 94.8 Å². The van der Waals surface area contributed by atoms with Gasteiger partial charge in [0, 0.05) is 17.9 Å². The third kappa shape index (κ3) is 6.35. The smallest absolute Gasteiger partial charge is 0.123 e. The third-order valence-electron chi connectivity index (χ3n) is 8.51. The van der Waals surface area contributed by atoms with Gasteiger partial charge in [-0.25, -0.2) is 0 Å². The zero-order valence-electron chi connectivity index (χ0n) is 23.7. The van der Waals surface area contributed by atoms with Crippen molar-refractivity contribution in [2.45, 2.75) is 43.7 Å². The van der Waals surface area contributed by atoms with Crippen LogP contribution in [0.1, 0.15) is 18.4 Å². The summed E-state index contributed by atoms with van der Waals surface area (Å²) in [6.07, 6.45) is 16.7. The van der Waals surface area contributed by atoms with Gasteiger partial charge in [0.25, 0.3) is 0 Å². The van der Waals surface area contributed by atoms with Crippen LogP contribution < -0.4 is 9.47 Å². The highest BCUT2D eigenvalue weighted by Gasteiger charge is 2.30. The molecular weight excluding hydrogens is 532 g/mol. The summed E-state index contributed by atoms with van der Waals surface area (Å²) in [4.78, 5) is 0. The molecular formula is C35H36O7. The van der Waals surface area contributed by atoms with Crippen molar-refractivity contribution in [3.63, 3.8) is 0 Å². The number of hydrogen-bond acceptors (Lipinski definition) is 7. The molecule has 2 aromatic rings. The van der Waals surface area contributed by atoms with Crippen LogP contribution >= 0.6 is 0 Å². The second-order valence-corrected chi connectivity index (χ2v) is 11.9. The molecule has 8 rings (SSSR count). The van der Waals surface area contributed by atoms with Gasteiger partial charge in [-0.05, 0) is 65.1 Å². The predicted molar refractivity (Wildman–Crippen MR) is 158 cm³/mol. The van der Waals surface area contributed by atoms with E-state index < -0.39 is 0 Å². The summed E-state index contributed by atoms with van der Waals surface area (Å²) in [5, 5.41) is 2.30. The highest BCUT2D eigenvalue weighted by molar-refractivity contribution is 5.89. The lowest BCUT2D eigenvalue weighted by Crippen LogP contribution is -2.10. The molecule has 7 heteroatoms. The van der Waals surface area contributed by atoms with Crippen molar-refractivity contribution in [2.75, 3.05) is 46.2 Å². The number of fused-ring (bicyclic) bond motifs is 2. The first-order valence-electron chi connectivity index (χ1n) is 15.1. The van der Waals surface area contributed by atoms with Gasteiger partial charge in [-0.15, -0.1) is 0 Å². The molecule has 218 valence electrons. The molecule has 2 aliphatic carbocycles. The molecule has 4 saturated heterocycles. The maximum Gasteiger partial charge on any atom is 0.123 e. The Bertz CT molecular complexity index is 1490. The Kier molecular flexibility index (Phi) is 7.12. The fraction of sp³-hybridized carbons (Fsp3) is 0.429. The molecule has 42 heavy (non-hydrogen) atoms. The Morgan fingerprint density at radius 3 is 2.24 bits per heavy atom. The minimum atomic E-state index is 0.156. The third-order valence-corrected chi connectivity index (χ3v) is 8.51. The van der Waals surface area contributed by atoms with Crippen LogP contribution in [0.3, 0.4) is 0 Å². The van der Waals surface area contributed by atoms with Gasteiger partial charge in [-0.3, -0.25) is 0 Å². The molecule has 4 aliphatic heterocycles. The number of ether oxygens (including phenoxy) is 7. The maximum atomic E-state index is 6.44. The highest BCUT2D eigenvalue weighted by Crippen LogP contribution is 2.41. The molecule has 4 fully saturated rings. The molecule has 0 spiro atoms. The lowest BCUT2D eigenvalue weighted by molar-refractivity contribution is 0.193. The molecule has 0 bridgehead atoms. The van der Waals surface area contributed by atoms with Gasteiger partial charge in [0.15, 0.2) is 0 Å². The first kappa shape index (κ1) is 26.3. The first-order chi connectivity index (χ1) is 20.7. The summed E-state index contributed by atoms with van der Waals surface area (Å²) in [6.45, 7) is 4.83. The highest BCUT2D eigenvalue weighted by atomic mass is 16.6. The van der Waals surface area contributed by atoms with E-state index in [2.05, 4.69) is 60.7 Å². The summed E-state index contributed by atoms with van der Waals surface area (Å²) in [6, 6.07) is 10.6. The maximum absolute atomic E-state index is 6.44. The molecule has 0 radical (unpaired) electrons. The van der Waals surface area contributed by atoms with Crippen LogP contribution in [0.15, 0.2) is 89.3 Å². The van der Waals surface area contributed by atoms with Crippen molar-refractivity contribution in [2.24, 2.45) is 5.92 Å². The quantitative estimate of drug-likeness (QED) is 0.237. The minimum Gasteiger partial charge on any atom is -0.491 e. The van der Waals surface area contributed by atoms with Gasteiger partial charge < -0.3 is 33.2 Å². The van der Waals surface area contributed by atoms with E-state index in [1.807, 2.05) is 6.07 Å². The van der Waals surface area contributed by atoms with Crippen molar-refractivity contribution < 1.29 is 33.2 Å². The standard InChI is InChI=1S/C35H36O7/c1-3-22-4-2-6-25(36-16-28-18-39-28)12-31(22)33(24(5-1)11-27-15-38-27)14-34-32-13-26(37-17-29-19-40-29)9-7-23(32)8-10-35(34)42-21-30-20-41-30/h1-4,6-10,12-13,22,27-30H,5,11,14-21H2. The zero-order chi connectivity index (χ0) is 27.9. The van der Waals surface area contributed by atoms with Gasteiger partial charge in [0.05, 0.1) is 32.5 Å². The summed E-state index contributed by atoms with van der Waals surface area (Å²) in [5.74, 6) is 2.77. The van der Waals surface area contributed by atoms with E-state index in [4.69, 9.17) is 33.2 Å². The molecule has 6 aliphatic rings. The van der Waals surface area contributed by atoms with Crippen LogP contribution in [0, 0.1) is 5.92 Å². The van der Waals surface area contributed by atoms with Crippen LogP contribution in [0.5, 0.6) is 11.5 Å². The van der Waals surface area contributed by atoms with E-state index >= 15 is 0 Å². The average Bonchev–Trinajstić information content (AvgIpc) is 3.83. The summed E-state index contributed by atoms with van der Waals surface area (Å²) >= 11 is 0. The van der Waals surface area contributed by atoms with Gasteiger partial charge in [0.2, 0.25) is 0 Å². The van der Waals surface area contributed by atoms with Crippen LogP contribution in [-0.2, 0) is 30.1 Å². The number of hydrogen-bond donors (Lipinski definition) is 0. The van der Waals surface area contributed by atoms with Crippen molar-refractivity contribution in [3.8, 4) is 11.5 Å².